The molecule has 0 aromatic heterocycles. The minimum absolute atomic E-state index is 0.00475. The van der Waals surface area contributed by atoms with Gasteiger partial charge in [-0.25, -0.2) is 0 Å². The second-order valence-electron chi connectivity index (χ2n) is 11.5. The molecule has 3 heterocycles. The van der Waals surface area contributed by atoms with Crippen LogP contribution in [0.2, 0.25) is 0 Å². The third kappa shape index (κ3) is 7.33. The maximum absolute atomic E-state index is 13.7. The Kier molecular flexibility index (Phi) is 9.84. The number of amides is 2. The fourth-order valence-electron chi connectivity index (χ4n) is 5.55. The van der Waals surface area contributed by atoms with Crippen molar-refractivity contribution in [2.75, 3.05) is 71.7 Å². The lowest BCUT2D eigenvalue weighted by atomic mass is 9.99. The summed E-state index contributed by atoms with van der Waals surface area (Å²) < 4.78 is 22.9. The molecule has 1 saturated heterocycles. The van der Waals surface area contributed by atoms with Crippen molar-refractivity contribution in [3.8, 4) is 17.2 Å². The zero-order valence-electron chi connectivity index (χ0n) is 24.7. The molecule has 2 aromatic carbocycles. The number of aliphatic hydroxyl groups is 1. The van der Waals surface area contributed by atoms with E-state index in [-0.39, 0.29) is 43.3 Å². The van der Waals surface area contributed by atoms with Crippen molar-refractivity contribution in [3.05, 3.63) is 47.5 Å². The number of carbonyl (C=O) groups is 2. The number of hydrogen-bond donors (Lipinski definition) is 2. The molecule has 1 fully saturated rings. The molecule has 2 amide bonds. The number of aliphatic hydroxyl groups excluding tert-OH is 1. The summed E-state index contributed by atoms with van der Waals surface area (Å²) in [5.74, 6) is 1.63. The Morgan fingerprint density at radius 1 is 1.12 bits per heavy atom. The van der Waals surface area contributed by atoms with Gasteiger partial charge in [0.15, 0.2) is 11.5 Å². The highest BCUT2D eigenvalue weighted by Crippen LogP contribution is 2.33. The highest BCUT2D eigenvalue weighted by molar-refractivity contribution is 6.00. The SMILES string of the molecule is C[C@H](CO)N1C[C@H](C)[C@@H](CN(C)Cc2ccc3c(c2)OCO3)Oc2ccc(NC(=O)CCN3CCOCC3)cc2C1=O. The van der Waals surface area contributed by atoms with Crippen LogP contribution < -0.4 is 19.5 Å². The molecule has 3 aliphatic heterocycles. The first kappa shape index (κ1) is 30.1. The van der Waals surface area contributed by atoms with E-state index in [0.717, 1.165) is 30.2 Å². The molecule has 42 heavy (non-hydrogen) atoms. The van der Waals surface area contributed by atoms with E-state index >= 15 is 0 Å². The number of nitrogens with one attached hydrogen (secondary N) is 1. The summed E-state index contributed by atoms with van der Waals surface area (Å²) in [4.78, 5) is 32.6. The van der Waals surface area contributed by atoms with Crippen LogP contribution in [0.15, 0.2) is 36.4 Å². The van der Waals surface area contributed by atoms with Gasteiger partial charge >= 0.3 is 0 Å². The Balaban J connectivity index is 1.30. The van der Waals surface area contributed by atoms with Crippen LogP contribution in [0.3, 0.4) is 0 Å². The standard InChI is InChI=1S/C31H42N4O7/c1-21-16-35(22(2)19-36)31(38)25-15-24(32-30(37)8-9-34-10-12-39-13-11-34)5-7-26(25)42-29(21)18-33(3)17-23-4-6-27-28(14-23)41-20-40-27/h4-7,14-15,21-22,29,36H,8-13,16-20H2,1-3H3,(H,32,37)/t21-,22+,29+/m0/s1. The van der Waals surface area contributed by atoms with E-state index in [1.54, 1.807) is 23.1 Å². The van der Waals surface area contributed by atoms with Gasteiger partial charge in [-0.2, -0.15) is 0 Å². The van der Waals surface area contributed by atoms with Gasteiger partial charge in [0.25, 0.3) is 5.91 Å². The molecule has 0 bridgehead atoms. The van der Waals surface area contributed by atoms with Crippen LogP contribution in [0.5, 0.6) is 17.2 Å². The second-order valence-corrected chi connectivity index (χ2v) is 11.5. The maximum atomic E-state index is 13.7. The third-order valence-corrected chi connectivity index (χ3v) is 8.09. The highest BCUT2D eigenvalue weighted by atomic mass is 16.7. The molecular weight excluding hydrogens is 540 g/mol. The summed E-state index contributed by atoms with van der Waals surface area (Å²) in [5.41, 5.74) is 2.01. The predicted octanol–water partition coefficient (Wildman–Crippen LogP) is 2.43. The lowest BCUT2D eigenvalue weighted by molar-refractivity contribution is -0.116. The van der Waals surface area contributed by atoms with Gasteiger partial charge in [-0.05, 0) is 49.9 Å². The Morgan fingerprint density at radius 2 is 1.88 bits per heavy atom. The van der Waals surface area contributed by atoms with Crippen molar-refractivity contribution < 1.29 is 33.6 Å². The maximum Gasteiger partial charge on any atom is 0.258 e. The molecule has 0 aliphatic carbocycles. The van der Waals surface area contributed by atoms with Crippen LogP contribution in [0.4, 0.5) is 5.69 Å². The summed E-state index contributed by atoms with van der Waals surface area (Å²) in [7, 11) is 2.04. The van der Waals surface area contributed by atoms with Gasteiger partial charge in [-0.3, -0.25) is 19.4 Å². The van der Waals surface area contributed by atoms with Crippen molar-refractivity contribution in [1.82, 2.24) is 14.7 Å². The lowest BCUT2D eigenvalue weighted by Crippen LogP contribution is -2.49. The number of likely N-dealkylation sites (N-methyl/N-ethyl adjacent to an activating group) is 1. The molecule has 0 spiro atoms. The van der Waals surface area contributed by atoms with E-state index in [9.17, 15) is 14.7 Å². The lowest BCUT2D eigenvalue weighted by Gasteiger charge is -2.38. The molecule has 3 atom stereocenters. The number of nitrogens with zero attached hydrogens (tertiary/aromatic N) is 3. The summed E-state index contributed by atoms with van der Waals surface area (Å²) in [5, 5.41) is 12.9. The van der Waals surface area contributed by atoms with E-state index in [0.29, 0.717) is 62.8 Å². The van der Waals surface area contributed by atoms with Crippen molar-refractivity contribution in [2.24, 2.45) is 5.92 Å². The van der Waals surface area contributed by atoms with Gasteiger partial charge in [0, 0.05) is 57.3 Å². The van der Waals surface area contributed by atoms with Crippen LogP contribution in [0.25, 0.3) is 0 Å². The number of rotatable bonds is 10. The molecule has 228 valence electrons. The van der Waals surface area contributed by atoms with Crippen LogP contribution in [0.1, 0.15) is 36.2 Å². The van der Waals surface area contributed by atoms with Crippen LogP contribution >= 0.6 is 0 Å². The molecular formula is C31H42N4O7. The third-order valence-electron chi connectivity index (χ3n) is 8.09. The van der Waals surface area contributed by atoms with Crippen LogP contribution in [-0.2, 0) is 16.1 Å². The molecule has 2 N–H and O–H groups in total. The van der Waals surface area contributed by atoms with Crippen LogP contribution in [-0.4, -0.2) is 110 Å². The minimum atomic E-state index is -0.371. The van der Waals surface area contributed by atoms with E-state index in [1.807, 2.05) is 32.2 Å². The normalized spacial score (nSPS) is 21.4. The van der Waals surface area contributed by atoms with Gasteiger partial charge in [0.05, 0.1) is 31.4 Å². The molecule has 2 aromatic rings. The second kappa shape index (κ2) is 13.7. The number of ether oxygens (including phenoxy) is 4. The van der Waals surface area contributed by atoms with Gasteiger partial charge in [-0.15, -0.1) is 0 Å². The summed E-state index contributed by atoms with van der Waals surface area (Å²) in [6.07, 6.45) is 0.128. The fourth-order valence-corrected chi connectivity index (χ4v) is 5.55. The molecule has 0 unspecified atom stereocenters. The van der Waals surface area contributed by atoms with Gasteiger partial charge in [0.1, 0.15) is 11.9 Å². The monoisotopic (exact) mass is 582 g/mol. The average molecular weight is 583 g/mol. The fraction of sp³-hybridized carbons (Fsp3) is 0.548. The van der Waals surface area contributed by atoms with Crippen molar-refractivity contribution in [2.45, 2.75) is 39.0 Å². The largest absolute Gasteiger partial charge is 0.488 e. The molecule has 0 radical (unpaired) electrons. The van der Waals surface area contributed by atoms with E-state index < -0.39 is 0 Å². The van der Waals surface area contributed by atoms with E-state index in [2.05, 4.69) is 22.0 Å². The Hall–Kier alpha value is -3.38. The number of hydrogen-bond acceptors (Lipinski definition) is 9. The molecule has 11 heteroatoms. The molecule has 5 rings (SSSR count). The Morgan fingerprint density at radius 3 is 2.67 bits per heavy atom. The van der Waals surface area contributed by atoms with E-state index in [1.165, 1.54) is 0 Å². The van der Waals surface area contributed by atoms with Gasteiger partial charge in [0.2, 0.25) is 12.7 Å². The minimum Gasteiger partial charge on any atom is -0.488 e. The summed E-state index contributed by atoms with van der Waals surface area (Å²) in [6, 6.07) is 10.8. The van der Waals surface area contributed by atoms with Crippen LogP contribution in [0, 0.1) is 5.92 Å². The predicted molar refractivity (Wildman–Crippen MR) is 157 cm³/mol. The van der Waals surface area contributed by atoms with Crippen molar-refractivity contribution >= 4 is 17.5 Å². The summed E-state index contributed by atoms with van der Waals surface area (Å²) in [6.45, 7) is 9.39. The number of morpholine rings is 1. The van der Waals surface area contributed by atoms with Gasteiger partial charge < -0.3 is 34.3 Å². The highest BCUT2D eigenvalue weighted by Gasteiger charge is 2.33. The smallest absolute Gasteiger partial charge is 0.258 e. The Labute approximate surface area is 247 Å². The molecule has 3 aliphatic rings. The first-order valence-electron chi connectivity index (χ1n) is 14.7. The van der Waals surface area contributed by atoms with Crippen molar-refractivity contribution in [3.63, 3.8) is 0 Å². The van der Waals surface area contributed by atoms with Gasteiger partial charge in [-0.1, -0.05) is 13.0 Å². The number of benzene rings is 2. The number of fused-ring (bicyclic) bond motifs is 2. The first-order chi connectivity index (χ1) is 20.3. The Bertz CT molecular complexity index is 1250. The quantitative estimate of drug-likeness (QED) is 0.436. The number of anilines is 1. The zero-order chi connectivity index (χ0) is 29.6. The molecule has 11 nitrogen and oxygen atoms in total. The summed E-state index contributed by atoms with van der Waals surface area (Å²) >= 11 is 0. The first-order valence-corrected chi connectivity index (χ1v) is 14.7. The topological polar surface area (TPSA) is 113 Å². The van der Waals surface area contributed by atoms with Crippen molar-refractivity contribution in [1.29, 1.82) is 0 Å². The average Bonchev–Trinajstić information content (AvgIpc) is 3.46. The zero-order valence-corrected chi connectivity index (χ0v) is 24.7. The number of carbonyl (C=O) groups excluding carboxylic acids is 2. The molecule has 0 saturated carbocycles. The van der Waals surface area contributed by atoms with E-state index in [4.69, 9.17) is 18.9 Å².